The lowest BCUT2D eigenvalue weighted by atomic mass is 9.87. The summed E-state index contributed by atoms with van der Waals surface area (Å²) in [7, 11) is 0. The van der Waals surface area contributed by atoms with Crippen LogP contribution in [0.4, 0.5) is 0 Å². The van der Waals surface area contributed by atoms with Crippen LogP contribution in [-0.2, 0) is 0 Å². The largest absolute Gasteiger partial charge is 0.394 e. The minimum absolute atomic E-state index is 0.108. The number of hydrogen-bond acceptors (Lipinski definition) is 2. The summed E-state index contributed by atoms with van der Waals surface area (Å²) in [5.74, 6) is 0.710. The predicted octanol–water partition coefficient (Wildman–Crippen LogP) is 1.41. The van der Waals surface area contributed by atoms with Crippen molar-refractivity contribution in [1.29, 1.82) is 0 Å². The number of aliphatic hydroxyl groups excluding tert-OH is 2. The van der Waals surface area contributed by atoms with Gasteiger partial charge in [-0.1, -0.05) is 27.2 Å². The zero-order valence-electron chi connectivity index (χ0n) is 7.75. The van der Waals surface area contributed by atoms with E-state index in [9.17, 15) is 5.11 Å². The fraction of sp³-hybridized carbons (Fsp3) is 1.00. The molecule has 0 spiro atoms. The first-order valence-electron chi connectivity index (χ1n) is 4.42. The second-order valence-electron chi connectivity index (χ2n) is 3.45. The molecule has 0 bridgehead atoms. The fourth-order valence-electron chi connectivity index (χ4n) is 1.44. The van der Waals surface area contributed by atoms with Crippen LogP contribution in [0, 0.1) is 11.8 Å². The molecule has 0 heterocycles. The van der Waals surface area contributed by atoms with Gasteiger partial charge in [0.05, 0.1) is 12.7 Å². The van der Waals surface area contributed by atoms with Crippen LogP contribution in [0.25, 0.3) is 0 Å². The lowest BCUT2D eigenvalue weighted by Crippen LogP contribution is -2.28. The number of aliphatic hydroxyl groups is 2. The third-order valence-corrected chi connectivity index (χ3v) is 2.16. The molecule has 2 atom stereocenters. The van der Waals surface area contributed by atoms with Crippen molar-refractivity contribution in [1.82, 2.24) is 0 Å². The normalized spacial score (nSPS) is 16.9. The van der Waals surface area contributed by atoms with Crippen molar-refractivity contribution < 1.29 is 10.2 Å². The van der Waals surface area contributed by atoms with Crippen molar-refractivity contribution in [3.63, 3.8) is 0 Å². The Balaban J connectivity index is 3.87. The molecule has 0 saturated carbocycles. The molecular weight excluding hydrogens is 140 g/mol. The van der Waals surface area contributed by atoms with Gasteiger partial charge in [0.2, 0.25) is 0 Å². The molecule has 2 nitrogen and oxygen atoms in total. The Bertz CT molecular complexity index is 91.6. The molecule has 1 unspecified atom stereocenters. The quantitative estimate of drug-likeness (QED) is 0.638. The average Bonchev–Trinajstić information content (AvgIpc) is 1.98. The third kappa shape index (κ3) is 3.73. The van der Waals surface area contributed by atoms with Crippen LogP contribution >= 0.6 is 0 Å². The highest BCUT2D eigenvalue weighted by Crippen LogP contribution is 2.20. The number of rotatable bonds is 5. The van der Waals surface area contributed by atoms with Crippen LogP contribution < -0.4 is 0 Å². The molecule has 0 amide bonds. The van der Waals surface area contributed by atoms with Crippen molar-refractivity contribution in [3.8, 4) is 0 Å². The molecule has 0 aliphatic heterocycles. The summed E-state index contributed by atoms with van der Waals surface area (Å²) in [5.41, 5.74) is 0. The van der Waals surface area contributed by atoms with E-state index in [1.807, 2.05) is 0 Å². The van der Waals surface area contributed by atoms with Crippen LogP contribution in [0.15, 0.2) is 0 Å². The maximum atomic E-state index is 9.37. The molecular formula is C9H20O2. The second kappa shape index (κ2) is 5.56. The van der Waals surface area contributed by atoms with Crippen molar-refractivity contribution in [2.45, 2.75) is 39.7 Å². The van der Waals surface area contributed by atoms with Gasteiger partial charge >= 0.3 is 0 Å². The third-order valence-electron chi connectivity index (χ3n) is 2.16. The zero-order chi connectivity index (χ0) is 8.85. The minimum atomic E-state index is -0.532. The van der Waals surface area contributed by atoms with Crippen molar-refractivity contribution in [2.75, 3.05) is 6.61 Å². The molecule has 68 valence electrons. The van der Waals surface area contributed by atoms with Gasteiger partial charge in [0, 0.05) is 0 Å². The summed E-state index contributed by atoms with van der Waals surface area (Å²) in [4.78, 5) is 0. The molecule has 11 heavy (non-hydrogen) atoms. The molecule has 0 fully saturated rings. The van der Waals surface area contributed by atoms with Gasteiger partial charge in [-0.05, 0) is 18.3 Å². The van der Waals surface area contributed by atoms with E-state index in [0.29, 0.717) is 5.92 Å². The summed E-state index contributed by atoms with van der Waals surface area (Å²) >= 11 is 0. The lowest BCUT2D eigenvalue weighted by Gasteiger charge is -2.24. The van der Waals surface area contributed by atoms with Gasteiger partial charge in [-0.3, -0.25) is 0 Å². The summed E-state index contributed by atoms with van der Waals surface area (Å²) in [5, 5.41) is 18.1. The standard InChI is InChI=1S/C9H20O2/c1-4-5-8(7(2)3)9(11)6-10/h7-11H,4-6H2,1-3H3/t8?,9-/m0/s1. The van der Waals surface area contributed by atoms with E-state index in [4.69, 9.17) is 5.11 Å². The van der Waals surface area contributed by atoms with E-state index in [-0.39, 0.29) is 12.5 Å². The molecule has 0 radical (unpaired) electrons. The van der Waals surface area contributed by atoms with E-state index < -0.39 is 6.10 Å². The van der Waals surface area contributed by atoms with Gasteiger partial charge in [0.1, 0.15) is 0 Å². The fourth-order valence-corrected chi connectivity index (χ4v) is 1.44. The van der Waals surface area contributed by atoms with Crippen molar-refractivity contribution in [2.24, 2.45) is 11.8 Å². The van der Waals surface area contributed by atoms with E-state index in [1.54, 1.807) is 0 Å². The van der Waals surface area contributed by atoms with Gasteiger partial charge in [-0.25, -0.2) is 0 Å². The first kappa shape index (κ1) is 10.9. The first-order chi connectivity index (χ1) is 5.13. The number of hydrogen-bond donors (Lipinski definition) is 2. The SMILES string of the molecule is CCCC(C(C)C)[C@@H](O)CO. The molecule has 0 aromatic carbocycles. The Hall–Kier alpha value is -0.0800. The van der Waals surface area contributed by atoms with Gasteiger partial charge in [-0.15, -0.1) is 0 Å². The monoisotopic (exact) mass is 160 g/mol. The minimum Gasteiger partial charge on any atom is -0.394 e. The smallest absolute Gasteiger partial charge is 0.0801 e. The van der Waals surface area contributed by atoms with Crippen LogP contribution in [-0.4, -0.2) is 22.9 Å². The summed E-state index contributed by atoms with van der Waals surface area (Å²) in [6.45, 7) is 6.15. The highest BCUT2D eigenvalue weighted by molar-refractivity contribution is 4.70. The molecule has 0 aromatic rings. The molecule has 0 aliphatic rings. The average molecular weight is 160 g/mol. The summed E-state index contributed by atoms with van der Waals surface area (Å²) in [6.07, 6.45) is 1.54. The Morgan fingerprint density at radius 3 is 2.09 bits per heavy atom. The van der Waals surface area contributed by atoms with Crippen LogP contribution in [0.3, 0.4) is 0 Å². The predicted molar refractivity (Wildman–Crippen MR) is 46.3 cm³/mol. The summed E-state index contributed by atoms with van der Waals surface area (Å²) < 4.78 is 0. The Kier molecular flexibility index (Phi) is 5.51. The van der Waals surface area contributed by atoms with E-state index in [2.05, 4.69) is 20.8 Å². The zero-order valence-corrected chi connectivity index (χ0v) is 7.75. The van der Waals surface area contributed by atoms with Gasteiger partial charge in [0.15, 0.2) is 0 Å². The maximum absolute atomic E-state index is 9.37. The second-order valence-corrected chi connectivity index (χ2v) is 3.45. The van der Waals surface area contributed by atoms with E-state index >= 15 is 0 Å². The highest BCUT2D eigenvalue weighted by atomic mass is 16.3. The first-order valence-corrected chi connectivity index (χ1v) is 4.42. The Morgan fingerprint density at radius 2 is 1.82 bits per heavy atom. The Labute approximate surface area is 69.2 Å². The topological polar surface area (TPSA) is 40.5 Å². The molecule has 0 aliphatic carbocycles. The van der Waals surface area contributed by atoms with Crippen LogP contribution in [0.1, 0.15) is 33.6 Å². The van der Waals surface area contributed by atoms with Gasteiger partial charge < -0.3 is 10.2 Å². The van der Waals surface area contributed by atoms with Crippen LogP contribution in [0.2, 0.25) is 0 Å². The Morgan fingerprint density at radius 1 is 1.27 bits per heavy atom. The van der Waals surface area contributed by atoms with E-state index in [0.717, 1.165) is 12.8 Å². The van der Waals surface area contributed by atoms with Crippen molar-refractivity contribution in [3.05, 3.63) is 0 Å². The summed E-state index contributed by atoms with van der Waals surface area (Å²) in [6, 6.07) is 0. The molecule has 2 N–H and O–H groups in total. The van der Waals surface area contributed by atoms with E-state index in [1.165, 1.54) is 0 Å². The van der Waals surface area contributed by atoms with Crippen LogP contribution in [0.5, 0.6) is 0 Å². The molecule has 2 heteroatoms. The van der Waals surface area contributed by atoms with Gasteiger partial charge in [-0.2, -0.15) is 0 Å². The van der Waals surface area contributed by atoms with Crippen molar-refractivity contribution >= 4 is 0 Å². The molecule has 0 aromatic heterocycles. The highest BCUT2D eigenvalue weighted by Gasteiger charge is 2.20. The molecule has 0 saturated heterocycles. The lowest BCUT2D eigenvalue weighted by molar-refractivity contribution is 0.0251. The maximum Gasteiger partial charge on any atom is 0.0801 e. The molecule has 0 rings (SSSR count). The van der Waals surface area contributed by atoms with Gasteiger partial charge in [0.25, 0.3) is 0 Å².